The summed E-state index contributed by atoms with van der Waals surface area (Å²) in [6, 6.07) is 0. The second-order valence-corrected chi connectivity index (χ2v) is 23.3. The molecule has 0 heterocycles. The Labute approximate surface area is 167 Å². The fraction of sp³-hybridized carbons (Fsp3) is 0.875. The van der Waals surface area contributed by atoms with Crippen molar-refractivity contribution in [2.24, 2.45) is 22.7 Å². The molecule has 3 fully saturated rings. The Morgan fingerprint density at radius 2 is 1.46 bits per heavy atom. The summed E-state index contributed by atoms with van der Waals surface area (Å²) in [5, 5.41) is 0. The molecule has 150 valence electrons. The van der Waals surface area contributed by atoms with Gasteiger partial charge in [-0.15, -0.1) is 0 Å². The van der Waals surface area contributed by atoms with E-state index in [0.717, 1.165) is 12.8 Å². The van der Waals surface area contributed by atoms with Gasteiger partial charge >= 0.3 is 168 Å². The molecule has 0 aromatic heterocycles. The van der Waals surface area contributed by atoms with Gasteiger partial charge < -0.3 is 0 Å². The Bertz CT molecular complexity index is 485. The van der Waals surface area contributed by atoms with Gasteiger partial charge in [-0.3, -0.25) is 0 Å². The van der Waals surface area contributed by atoms with E-state index in [-0.39, 0.29) is 10.8 Å². The van der Waals surface area contributed by atoms with E-state index in [9.17, 15) is 4.79 Å². The van der Waals surface area contributed by atoms with E-state index in [1.165, 1.54) is 51.8 Å². The van der Waals surface area contributed by atoms with Crippen LogP contribution in [0.5, 0.6) is 0 Å². The molecular weight excluding hydrogens is 423 g/mol. The zero-order chi connectivity index (χ0) is 19.4. The number of Topliss-reactive ketones (excluding diaryl/α,β-unsaturated/α-hetero) is 1. The SMILES string of the molecule is CCC[CH2][Sn](/[CH]=C\[C@@]1(C)CC(=O)[C@H]2C[C@@H]1C2(C)C)([CH2]CCC)[CH2]CCC. The van der Waals surface area contributed by atoms with Gasteiger partial charge in [-0.2, -0.15) is 0 Å². The van der Waals surface area contributed by atoms with Crippen molar-refractivity contribution in [3.05, 3.63) is 10.2 Å². The molecule has 0 spiro atoms. The topological polar surface area (TPSA) is 17.1 Å². The molecule has 3 rings (SSSR count). The molecule has 0 amide bonds. The Kier molecular flexibility index (Phi) is 7.91. The minimum absolute atomic E-state index is 0.127. The number of carbonyl (C=O) groups is 1. The summed E-state index contributed by atoms with van der Waals surface area (Å²) >= 11 is -2.24. The van der Waals surface area contributed by atoms with E-state index in [1.54, 1.807) is 0 Å². The van der Waals surface area contributed by atoms with Crippen molar-refractivity contribution >= 4 is 24.2 Å². The molecule has 0 N–H and O–H groups in total. The fourth-order valence-corrected chi connectivity index (χ4v) is 20.7. The minimum atomic E-state index is -2.24. The van der Waals surface area contributed by atoms with Crippen LogP contribution in [0.4, 0.5) is 0 Å². The van der Waals surface area contributed by atoms with Gasteiger partial charge in [0, 0.05) is 0 Å². The summed E-state index contributed by atoms with van der Waals surface area (Å²) in [5.74, 6) is 1.60. The fourth-order valence-electron chi connectivity index (χ4n) is 5.97. The monoisotopic (exact) mass is 468 g/mol. The van der Waals surface area contributed by atoms with Crippen LogP contribution in [-0.4, -0.2) is 24.2 Å². The number of hydrogen-bond donors (Lipinski definition) is 0. The number of ketones is 1. The van der Waals surface area contributed by atoms with Crippen molar-refractivity contribution < 1.29 is 4.79 Å². The van der Waals surface area contributed by atoms with Gasteiger partial charge in [-0.1, -0.05) is 0 Å². The van der Waals surface area contributed by atoms with Gasteiger partial charge in [0.2, 0.25) is 0 Å². The van der Waals surface area contributed by atoms with Crippen LogP contribution < -0.4 is 0 Å². The molecule has 0 unspecified atom stereocenters. The van der Waals surface area contributed by atoms with Gasteiger partial charge in [0.1, 0.15) is 0 Å². The van der Waals surface area contributed by atoms with Crippen LogP contribution >= 0.6 is 0 Å². The third-order valence-corrected chi connectivity index (χ3v) is 22.0. The van der Waals surface area contributed by atoms with Gasteiger partial charge in [-0.25, -0.2) is 0 Å². The third-order valence-electron chi connectivity index (χ3n) is 7.91. The maximum atomic E-state index is 12.7. The first-order valence-corrected chi connectivity index (χ1v) is 19.2. The second kappa shape index (κ2) is 9.14. The molecule has 0 saturated heterocycles. The molecule has 0 radical (unpaired) electrons. The molecule has 26 heavy (non-hydrogen) atoms. The summed E-state index contributed by atoms with van der Waals surface area (Å²) < 4.78 is 7.41. The predicted molar refractivity (Wildman–Crippen MR) is 117 cm³/mol. The van der Waals surface area contributed by atoms with Crippen LogP contribution in [0.2, 0.25) is 13.3 Å². The molecule has 1 nitrogen and oxygen atoms in total. The van der Waals surface area contributed by atoms with Crippen molar-refractivity contribution in [1.29, 1.82) is 0 Å². The molecule has 0 aromatic rings. The molecule has 3 saturated carbocycles. The van der Waals surface area contributed by atoms with E-state index < -0.39 is 18.4 Å². The number of rotatable bonds is 11. The molecular formula is C24H44OSn. The molecule has 2 bridgehead atoms. The van der Waals surface area contributed by atoms with Crippen molar-refractivity contribution in [1.82, 2.24) is 0 Å². The average Bonchev–Trinajstić information content (AvgIpc) is 2.59. The molecule has 3 aliphatic rings. The molecule has 2 heteroatoms. The van der Waals surface area contributed by atoms with Crippen molar-refractivity contribution in [2.75, 3.05) is 0 Å². The van der Waals surface area contributed by atoms with Crippen molar-refractivity contribution in [3.63, 3.8) is 0 Å². The Balaban J connectivity index is 2.25. The summed E-state index contributed by atoms with van der Waals surface area (Å²) in [5.41, 5.74) is 0.352. The first kappa shape index (κ1) is 22.5. The number of unbranched alkanes of at least 4 members (excludes halogenated alkanes) is 3. The number of hydrogen-bond acceptors (Lipinski definition) is 1. The maximum absolute atomic E-state index is 12.7. The van der Waals surface area contributed by atoms with Crippen LogP contribution in [0.25, 0.3) is 0 Å². The zero-order valence-electron chi connectivity index (χ0n) is 18.5. The zero-order valence-corrected chi connectivity index (χ0v) is 21.3. The van der Waals surface area contributed by atoms with Crippen LogP contribution in [0.1, 0.15) is 92.9 Å². The van der Waals surface area contributed by atoms with Crippen LogP contribution in [0.3, 0.4) is 0 Å². The van der Waals surface area contributed by atoms with Crippen LogP contribution in [-0.2, 0) is 4.79 Å². The molecule has 3 aliphatic carbocycles. The molecule has 0 aromatic carbocycles. The number of carbonyl (C=O) groups excluding carboxylic acids is 1. The molecule has 0 aliphatic heterocycles. The summed E-state index contributed by atoms with van der Waals surface area (Å²) in [7, 11) is 0. The Hall–Kier alpha value is 0.209. The Morgan fingerprint density at radius 1 is 0.962 bits per heavy atom. The van der Waals surface area contributed by atoms with E-state index >= 15 is 0 Å². The standard InChI is InChI=1S/C12H17O.3C4H9.Sn/c1-5-12(4)7-9(13)8-6-10(12)11(8,2)3;3*1-3-4-2;/h1,5,8,10H,6-7H2,2-4H3;3*1,3-4H2,2H3;/t8-,10-,12+;;;;/m1..../s1. The van der Waals surface area contributed by atoms with E-state index in [4.69, 9.17) is 0 Å². The summed E-state index contributed by atoms with van der Waals surface area (Å²) in [4.78, 5) is 12.7. The molecule has 3 atom stereocenters. The first-order chi connectivity index (χ1) is 12.2. The Morgan fingerprint density at radius 3 is 1.85 bits per heavy atom. The third kappa shape index (κ3) is 4.61. The van der Waals surface area contributed by atoms with E-state index in [0.29, 0.717) is 17.6 Å². The van der Waals surface area contributed by atoms with Crippen molar-refractivity contribution in [2.45, 2.75) is 106 Å². The predicted octanol–water partition coefficient (Wildman–Crippen LogP) is 7.57. The number of allylic oxidation sites excluding steroid dienone is 1. The quantitative estimate of drug-likeness (QED) is 0.287. The number of fused-ring (bicyclic) bond motifs is 2. The summed E-state index contributed by atoms with van der Waals surface area (Å²) in [6.45, 7) is 14.1. The first-order valence-electron chi connectivity index (χ1n) is 11.5. The summed E-state index contributed by atoms with van der Waals surface area (Å²) in [6.07, 6.45) is 12.8. The van der Waals surface area contributed by atoms with E-state index in [1.807, 2.05) is 0 Å². The van der Waals surface area contributed by atoms with Gasteiger partial charge in [0.25, 0.3) is 0 Å². The second-order valence-electron chi connectivity index (χ2n) is 10.3. The average molecular weight is 467 g/mol. The van der Waals surface area contributed by atoms with Crippen LogP contribution in [0, 0.1) is 22.7 Å². The normalized spacial score (nSPS) is 30.6. The van der Waals surface area contributed by atoms with Crippen molar-refractivity contribution in [3.8, 4) is 0 Å². The van der Waals surface area contributed by atoms with Gasteiger partial charge in [-0.05, 0) is 0 Å². The van der Waals surface area contributed by atoms with Gasteiger partial charge in [0.05, 0.1) is 0 Å². The van der Waals surface area contributed by atoms with Crippen LogP contribution in [0.15, 0.2) is 10.2 Å². The van der Waals surface area contributed by atoms with E-state index in [2.05, 4.69) is 51.7 Å². The van der Waals surface area contributed by atoms with Gasteiger partial charge in [0.15, 0.2) is 0 Å².